The van der Waals surface area contributed by atoms with Crippen LogP contribution >= 0.6 is 15.9 Å². The van der Waals surface area contributed by atoms with Crippen molar-refractivity contribution in [3.05, 3.63) is 34.3 Å². The molecule has 0 aromatic heterocycles. The van der Waals surface area contributed by atoms with Crippen LogP contribution in [0.15, 0.2) is 28.7 Å². The molecule has 2 N–H and O–H groups in total. The Labute approximate surface area is 147 Å². The quantitative estimate of drug-likeness (QED) is 0.726. The summed E-state index contributed by atoms with van der Waals surface area (Å²) in [5.41, 5.74) is 1.18. The standard InChI is InChI=1S/C18H27BrN2O2/c1-23-9-7-16(10-14-4-2-6-17(19)11-14)18(22)21-13-15-5-3-8-20-12-15/h2,4,6,11,15-16,20H,3,5,7-10,12-13H2,1H3,(H,21,22). The monoisotopic (exact) mass is 382 g/mol. The molecular formula is C18H27BrN2O2. The van der Waals surface area contributed by atoms with Crippen molar-refractivity contribution in [2.45, 2.75) is 25.7 Å². The number of nitrogens with one attached hydrogen (secondary N) is 2. The highest BCUT2D eigenvalue weighted by molar-refractivity contribution is 9.10. The van der Waals surface area contributed by atoms with Crippen LogP contribution in [-0.4, -0.2) is 39.3 Å². The number of hydrogen-bond donors (Lipinski definition) is 2. The van der Waals surface area contributed by atoms with Crippen LogP contribution in [-0.2, 0) is 16.0 Å². The highest BCUT2D eigenvalue weighted by atomic mass is 79.9. The molecule has 0 aliphatic carbocycles. The first kappa shape index (κ1) is 18.4. The third kappa shape index (κ3) is 6.61. The summed E-state index contributed by atoms with van der Waals surface area (Å²) in [6, 6.07) is 8.17. The highest BCUT2D eigenvalue weighted by Gasteiger charge is 2.21. The molecule has 23 heavy (non-hydrogen) atoms. The van der Waals surface area contributed by atoms with Gasteiger partial charge in [0.25, 0.3) is 0 Å². The van der Waals surface area contributed by atoms with Gasteiger partial charge in [0.2, 0.25) is 5.91 Å². The molecule has 1 aromatic rings. The summed E-state index contributed by atoms with van der Waals surface area (Å²) in [5, 5.41) is 6.54. The largest absolute Gasteiger partial charge is 0.385 e. The lowest BCUT2D eigenvalue weighted by Gasteiger charge is -2.24. The van der Waals surface area contributed by atoms with Crippen LogP contribution in [0.4, 0.5) is 0 Å². The Kier molecular flexibility index (Phi) is 8.06. The number of ether oxygens (including phenoxy) is 1. The molecule has 2 unspecified atom stereocenters. The molecule has 0 spiro atoms. The molecule has 2 atom stereocenters. The van der Waals surface area contributed by atoms with E-state index in [1.807, 2.05) is 12.1 Å². The molecule has 1 heterocycles. The Balaban J connectivity index is 1.88. The van der Waals surface area contributed by atoms with Gasteiger partial charge in [0.1, 0.15) is 0 Å². The summed E-state index contributed by atoms with van der Waals surface area (Å²) in [7, 11) is 1.68. The summed E-state index contributed by atoms with van der Waals surface area (Å²) in [6.45, 7) is 3.49. The lowest BCUT2D eigenvalue weighted by atomic mass is 9.94. The summed E-state index contributed by atoms with van der Waals surface area (Å²) in [5.74, 6) is 0.662. The SMILES string of the molecule is COCCC(Cc1cccc(Br)c1)C(=O)NCC1CCCNC1. The van der Waals surface area contributed by atoms with Gasteiger partial charge in [-0.15, -0.1) is 0 Å². The second kappa shape index (κ2) is 10.1. The number of amides is 1. The fourth-order valence-electron chi connectivity index (χ4n) is 3.02. The maximum Gasteiger partial charge on any atom is 0.223 e. The summed E-state index contributed by atoms with van der Waals surface area (Å²) >= 11 is 3.49. The van der Waals surface area contributed by atoms with Crippen molar-refractivity contribution in [3.63, 3.8) is 0 Å². The average molecular weight is 383 g/mol. The molecule has 2 rings (SSSR count). The Morgan fingerprint density at radius 3 is 3.09 bits per heavy atom. The third-order valence-corrected chi connectivity index (χ3v) is 4.87. The average Bonchev–Trinajstić information content (AvgIpc) is 2.57. The second-order valence-electron chi connectivity index (χ2n) is 6.27. The fraction of sp³-hybridized carbons (Fsp3) is 0.611. The number of carbonyl (C=O) groups excluding carboxylic acids is 1. The van der Waals surface area contributed by atoms with Gasteiger partial charge in [0, 0.05) is 30.7 Å². The van der Waals surface area contributed by atoms with E-state index < -0.39 is 0 Å². The van der Waals surface area contributed by atoms with Gasteiger partial charge in [-0.05, 0) is 62.4 Å². The Morgan fingerprint density at radius 1 is 1.52 bits per heavy atom. The normalized spacial score (nSPS) is 19.3. The van der Waals surface area contributed by atoms with Crippen LogP contribution in [0.1, 0.15) is 24.8 Å². The number of hydrogen-bond acceptors (Lipinski definition) is 3. The maximum absolute atomic E-state index is 12.6. The number of halogens is 1. The molecule has 1 saturated heterocycles. The fourth-order valence-corrected chi connectivity index (χ4v) is 3.47. The molecule has 1 amide bonds. The predicted octanol–water partition coefficient (Wildman–Crippen LogP) is 2.76. The van der Waals surface area contributed by atoms with E-state index in [0.29, 0.717) is 12.5 Å². The molecule has 1 aliphatic heterocycles. The van der Waals surface area contributed by atoms with Gasteiger partial charge < -0.3 is 15.4 Å². The number of benzene rings is 1. The smallest absolute Gasteiger partial charge is 0.223 e. The Morgan fingerprint density at radius 2 is 2.39 bits per heavy atom. The Bertz CT molecular complexity index is 490. The van der Waals surface area contributed by atoms with Gasteiger partial charge in [0.05, 0.1) is 0 Å². The van der Waals surface area contributed by atoms with Crippen LogP contribution in [0, 0.1) is 11.8 Å². The number of piperidine rings is 1. The van der Waals surface area contributed by atoms with Gasteiger partial charge in [-0.1, -0.05) is 28.1 Å². The minimum atomic E-state index is -0.0409. The zero-order valence-corrected chi connectivity index (χ0v) is 15.4. The van der Waals surface area contributed by atoms with Gasteiger partial charge >= 0.3 is 0 Å². The zero-order chi connectivity index (χ0) is 16.5. The van der Waals surface area contributed by atoms with E-state index in [2.05, 4.69) is 38.7 Å². The summed E-state index contributed by atoms with van der Waals surface area (Å²) < 4.78 is 6.23. The van der Waals surface area contributed by atoms with Crippen molar-refractivity contribution in [1.82, 2.24) is 10.6 Å². The van der Waals surface area contributed by atoms with Gasteiger partial charge in [-0.3, -0.25) is 4.79 Å². The van der Waals surface area contributed by atoms with E-state index in [9.17, 15) is 4.79 Å². The van der Waals surface area contributed by atoms with E-state index in [4.69, 9.17) is 4.74 Å². The van der Waals surface area contributed by atoms with Gasteiger partial charge in [-0.2, -0.15) is 0 Å². The first-order valence-electron chi connectivity index (χ1n) is 8.41. The number of carbonyl (C=O) groups is 1. The third-order valence-electron chi connectivity index (χ3n) is 4.38. The maximum atomic E-state index is 12.6. The molecule has 0 saturated carbocycles. The minimum Gasteiger partial charge on any atom is -0.385 e. The molecular weight excluding hydrogens is 356 g/mol. The zero-order valence-electron chi connectivity index (χ0n) is 13.8. The summed E-state index contributed by atoms with van der Waals surface area (Å²) in [4.78, 5) is 12.6. The van der Waals surface area contributed by atoms with E-state index in [1.54, 1.807) is 7.11 Å². The molecule has 5 heteroatoms. The van der Waals surface area contributed by atoms with Crippen molar-refractivity contribution in [3.8, 4) is 0 Å². The molecule has 128 valence electrons. The van der Waals surface area contributed by atoms with Crippen LogP contribution in [0.5, 0.6) is 0 Å². The van der Waals surface area contributed by atoms with E-state index in [1.165, 1.54) is 18.4 Å². The summed E-state index contributed by atoms with van der Waals surface area (Å²) in [6.07, 6.45) is 3.89. The van der Waals surface area contributed by atoms with Crippen molar-refractivity contribution in [2.75, 3.05) is 33.4 Å². The molecule has 0 bridgehead atoms. The van der Waals surface area contributed by atoms with Crippen LogP contribution in [0.2, 0.25) is 0 Å². The van der Waals surface area contributed by atoms with Crippen molar-refractivity contribution < 1.29 is 9.53 Å². The van der Waals surface area contributed by atoms with Crippen molar-refractivity contribution in [2.24, 2.45) is 11.8 Å². The number of rotatable bonds is 8. The Hall–Kier alpha value is -0.910. The van der Waals surface area contributed by atoms with Crippen LogP contribution in [0.25, 0.3) is 0 Å². The molecule has 4 nitrogen and oxygen atoms in total. The van der Waals surface area contributed by atoms with Crippen molar-refractivity contribution in [1.29, 1.82) is 0 Å². The first-order valence-corrected chi connectivity index (χ1v) is 9.20. The molecule has 0 radical (unpaired) electrons. The number of methoxy groups -OCH3 is 1. The lowest BCUT2D eigenvalue weighted by Crippen LogP contribution is -2.40. The lowest BCUT2D eigenvalue weighted by molar-refractivity contribution is -0.125. The highest BCUT2D eigenvalue weighted by Crippen LogP contribution is 2.18. The first-order chi connectivity index (χ1) is 11.2. The molecule has 1 aliphatic rings. The van der Waals surface area contributed by atoms with E-state index in [-0.39, 0.29) is 11.8 Å². The van der Waals surface area contributed by atoms with E-state index >= 15 is 0 Å². The van der Waals surface area contributed by atoms with Crippen LogP contribution in [0.3, 0.4) is 0 Å². The van der Waals surface area contributed by atoms with E-state index in [0.717, 1.165) is 36.9 Å². The molecule has 1 fully saturated rings. The second-order valence-corrected chi connectivity index (χ2v) is 7.19. The minimum absolute atomic E-state index is 0.0409. The predicted molar refractivity (Wildman–Crippen MR) is 96.4 cm³/mol. The topological polar surface area (TPSA) is 50.4 Å². The molecule has 1 aromatic carbocycles. The van der Waals surface area contributed by atoms with Crippen LogP contribution < -0.4 is 10.6 Å². The van der Waals surface area contributed by atoms with Crippen molar-refractivity contribution >= 4 is 21.8 Å². The van der Waals surface area contributed by atoms with Gasteiger partial charge in [-0.25, -0.2) is 0 Å². The van der Waals surface area contributed by atoms with Gasteiger partial charge in [0.15, 0.2) is 0 Å².